The highest BCUT2D eigenvalue weighted by molar-refractivity contribution is 5.42. The lowest BCUT2D eigenvalue weighted by molar-refractivity contribution is -0.385. The number of benzene rings is 1. The third kappa shape index (κ3) is 1.61. The van der Waals surface area contributed by atoms with Crippen LogP contribution in [0.25, 0.3) is 0 Å². The zero-order chi connectivity index (χ0) is 9.97. The highest BCUT2D eigenvalue weighted by Crippen LogP contribution is 2.29. The van der Waals surface area contributed by atoms with Crippen LogP contribution in [0.3, 0.4) is 0 Å². The van der Waals surface area contributed by atoms with Gasteiger partial charge in [-0.15, -0.1) is 0 Å². The van der Waals surface area contributed by atoms with Crippen molar-refractivity contribution >= 4 is 5.69 Å². The number of nitrogens with one attached hydrogen (secondary N) is 1. The van der Waals surface area contributed by atoms with Crippen LogP contribution < -0.4 is 5.32 Å². The first kappa shape index (κ1) is 9.15. The van der Waals surface area contributed by atoms with Crippen LogP contribution >= 0.6 is 0 Å². The third-order valence-electron chi connectivity index (χ3n) is 2.63. The van der Waals surface area contributed by atoms with Crippen LogP contribution in [-0.2, 0) is 0 Å². The minimum absolute atomic E-state index is 0.251. The van der Waals surface area contributed by atoms with Gasteiger partial charge in [-0.05, 0) is 13.0 Å². The summed E-state index contributed by atoms with van der Waals surface area (Å²) >= 11 is 0. The summed E-state index contributed by atoms with van der Waals surface area (Å²) in [5.74, 6) is 0.302. The molecule has 0 unspecified atom stereocenters. The SMILES string of the molecule is O=[N+]([O-])c1ccccc1[C@H]1CCNC1. The van der Waals surface area contributed by atoms with Crippen LogP contribution in [-0.4, -0.2) is 18.0 Å². The highest BCUT2D eigenvalue weighted by atomic mass is 16.6. The molecule has 2 rings (SSSR count). The Morgan fingerprint density at radius 1 is 1.43 bits per heavy atom. The largest absolute Gasteiger partial charge is 0.316 e. The number of nitro benzene ring substituents is 1. The third-order valence-corrected chi connectivity index (χ3v) is 2.63. The summed E-state index contributed by atoms with van der Waals surface area (Å²) in [7, 11) is 0. The Bertz CT molecular complexity index is 346. The predicted octanol–water partition coefficient (Wildman–Crippen LogP) is 1.67. The first-order valence-corrected chi connectivity index (χ1v) is 4.73. The zero-order valence-corrected chi connectivity index (χ0v) is 7.77. The number of nitro groups is 1. The van der Waals surface area contributed by atoms with Gasteiger partial charge in [-0.2, -0.15) is 0 Å². The summed E-state index contributed by atoms with van der Waals surface area (Å²) in [4.78, 5) is 10.5. The summed E-state index contributed by atoms with van der Waals surface area (Å²) in [6.45, 7) is 1.81. The van der Waals surface area contributed by atoms with Crippen LogP contribution in [0.5, 0.6) is 0 Å². The Morgan fingerprint density at radius 2 is 2.21 bits per heavy atom. The number of para-hydroxylation sites is 1. The second-order valence-electron chi connectivity index (χ2n) is 3.51. The van der Waals surface area contributed by atoms with Crippen molar-refractivity contribution in [1.82, 2.24) is 5.32 Å². The van der Waals surface area contributed by atoms with Gasteiger partial charge < -0.3 is 5.32 Å². The first-order chi connectivity index (χ1) is 6.79. The molecule has 1 aliphatic rings. The van der Waals surface area contributed by atoms with Gasteiger partial charge in [0.15, 0.2) is 0 Å². The topological polar surface area (TPSA) is 55.2 Å². The molecule has 1 aromatic carbocycles. The van der Waals surface area contributed by atoms with E-state index in [9.17, 15) is 10.1 Å². The van der Waals surface area contributed by atoms with E-state index in [0.29, 0.717) is 5.92 Å². The fourth-order valence-electron chi connectivity index (χ4n) is 1.92. The molecule has 4 heteroatoms. The van der Waals surface area contributed by atoms with Gasteiger partial charge in [0, 0.05) is 24.1 Å². The molecule has 1 saturated heterocycles. The predicted molar refractivity (Wildman–Crippen MR) is 53.3 cm³/mol. The maximum Gasteiger partial charge on any atom is 0.272 e. The molecule has 1 atom stereocenters. The van der Waals surface area contributed by atoms with E-state index >= 15 is 0 Å². The van der Waals surface area contributed by atoms with E-state index in [4.69, 9.17) is 0 Å². The lowest BCUT2D eigenvalue weighted by Gasteiger charge is -2.08. The minimum atomic E-state index is -0.298. The van der Waals surface area contributed by atoms with Crippen molar-refractivity contribution in [2.24, 2.45) is 0 Å². The van der Waals surface area contributed by atoms with Gasteiger partial charge in [-0.3, -0.25) is 10.1 Å². The molecule has 0 bridgehead atoms. The van der Waals surface area contributed by atoms with E-state index in [2.05, 4.69) is 5.32 Å². The van der Waals surface area contributed by atoms with E-state index in [1.807, 2.05) is 12.1 Å². The molecular weight excluding hydrogens is 180 g/mol. The first-order valence-electron chi connectivity index (χ1n) is 4.73. The van der Waals surface area contributed by atoms with Gasteiger partial charge in [-0.25, -0.2) is 0 Å². The summed E-state index contributed by atoms with van der Waals surface area (Å²) in [5, 5.41) is 14.0. The van der Waals surface area contributed by atoms with Gasteiger partial charge in [-0.1, -0.05) is 18.2 Å². The number of hydrogen-bond acceptors (Lipinski definition) is 3. The van der Waals surface area contributed by atoms with Crippen LogP contribution in [0.4, 0.5) is 5.69 Å². The van der Waals surface area contributed by atoms with Gasteiger partial charge in [0.05, 0.1) is 4.92 Å². The van der Waals surface area contributed by atoms with Crippen molar-refractivity contribution in [2.45, 2.75) is 12.3 Å². The van der Waals surface area contributed by atoms with Crippen molar-refractivity contribution < 1.29 is 4.92 Å². The van der Waals surface area contributed by atoms with Gasteiger partial charge in [0.2, 0.25) is 0 Å². The van der Waals surface area contributed by atoms with E-state index in [0.717, 1.165) is 25.1 Å². The van der Waals surface area contributed by atoms with Crippen molar-refractivity contribution in [3.05, 3.63) is 39.9 Å². The number of nitrogens with zero attached hydrogens (tertiary/aromatic N) is 1. The molecule has 1 fully saturated rings. The average Bonchev–Trinajstić information content (AvgIpc) is 2.70. The van der Waals surface area contributed by atoms with Crippen molar-refractivity contribution in [1.29, 1.82) is 0 Å². The smallest absolute Gasteiger partial charge is 0.272 e. The Hall–Kier alpha value is -1.42. The van der Waals surface area contributed by atoms with E-state index in [1.165, 1.54) is 0 Å². The highest BCUT2D eigenvalue weighted by Gasteiger charge is 2.23. The summed E-state index contributed by atoms with van der Waals surface area (Å²) in [6.07, 6.45) is 0.991. The molecule has 0 aromatic heterocycles. The second kappa shape index (κ2) is 3.75. The molecule has 0 amide bonds. The standard InChI is InChI=1S/C10H12N2O2/c13-12(14)10-4-2-1-3-9(10)8-5-6-11-7-8/h1-4,8,11H,5-7H2/t8-/m0/s1. The van der Waals surface area contributed by atoms with Gasteiger partial charge in [0.25, 0.3) is 5.69 Å². The molecule has 74 valence electrons. The number of hydrogen-bond donors (Lipinski definition) is 1. The molecule has 1 N–H and O–H groups in total. The fourth-order valence-corrected chi connectivity index (χ4v) is 1.92. The molecule has 1 aromatic rings. The van der Waals surface area contributed by atoms with Gasteiger partial charge >= 0.3 is 0 Å². The molecule has 4 nitrogen and oxygen atoms in total. The molecule has 14 heavy (non-hydrogen) atoms. The zero-order valence-electron chi connectivity index (χ0n) is 7.77. The molecule has 0 radical (unpaired) electrons. The van der Waals surface area contributed by atoms with Crippen LogP contribution in [0.15, 0.2) is 24.3 Å². The van der Waals surface area contributed by atoms with Crippen LogP contribution in [0.2, 0.25) is 0 Å². The molecule has 0 saturated carbocycles. The van der Waals surface area contributed by atoms with Crippen molar-refractivity contribution in [2.75, 3.05) is 13.1 Å². The molecule has 0 aliphatic carbocycles. The van der Waals surface area contributed by atoms with Crippen molar-refractivity contribution in [3.8, 4) is 0 Å². The lowest BCUT2D eigenvalue weighted by Crippen LogP contribution is -2.09. The van der Waals surface area contributed by atoms with Crippen LogP contribution in [0.1, 0.15) is 17.9 Å². The Morgan fingerprint density at radius 3 is 2.86 bits per heavy atom. The molecule has 0 spiro atoms. The normalized spacial score (nSPS) is 21.0. The number of rotatable bonds is 2. The quantitative estimate of drug-likeness (QED) is 0.572. The molecule has 1 aliphatic heterocycles. The Labute approximate surface area is 82.1 Å². The molecule has 1 heterocycles. The maximum absolute atomic E-state index is 10.8. The lowest BCUT2D eigenvalue weighted by atomic mass is 9.97. The van der Waals surface area contributed by atoms with E-state index < -0.39 is 0 Å². The summed E-state index contributed by atoms with van der Waals surface area (Å²) < 4.78 is 0. The maximum atomic E-state index is 10.8. The fraction of sp³-hybridized carbons (Fsp3) is 0.400. The molecular formula is C10H12N2O2. The minimum Gasteiger partial charge on any atom is -0.316 e. The Balaban J connectivity index is 2.35. The van der Waals surface area contributed by atoms with Gasteiger partial charge in [0.1, 0.15) is 0 Å². The Kier molecular flexibility index (Phi) is 2.45. The van der Waals surface area contributed by atoms with Crippen LogP contribution in [0, 0.1) is 10.1 Å². The van der Waals surface area contributed by atoms with E-state index in [1.54, 1.807) is 12.1 Å². The average molecular weight is 192 g/mol. The monoisotopic (exact) mass is 192 g/mol. The van der Waals surface area contributed by atoms with E-state index in [-0.39, 0.29) is 10.6 Å². The van der Waals surface area contributed by atoms with Crippen molar-refractivity contribution in [3.63, 3.8) is 0 Å². The summed E-state index contributed by atoms with van der Waals surface area (Å²) in [5.41, 5.74) is 1.11. The second-order valence-corrected chi connectivity index (χ2v) is 3.51. The summed E-state index contributed by atoms with van der Waals surface area (Å²) in [6, 6.07) is 7.01.